The smallest absolute Gasteiger partial charge is 0.260 e. The number of benzene rings is 1. The van der Waals surface area contributed by atoms with Crippen molar-refractivity contribution < 1.29 is 14.3 Å². The molecule has 2 saturated heterocycles. The van der Waals surface area contributed by atoms with Gasteiger partial charge in [-0.1, -0.05) is 26.0 Å². The molecule has 114 valence electrons. The summed E-state index contributed by atoms with van der Waals surface area (Å²) >= 11 is 0. The lowest BCUT2D eigenvalue weighted by atomic mass is 10.0. The highest BCUT2D eigenvalue weighted by Gasteiger charge is 2.38. The van der Waals surface area contributed by atoms with E-state index >= 15 is 0 Å². The third kappa shape index (κ3) is 3.21. The fraction of sp³-hybridized carbons (Fsp3) is 0.588. The summed E-state index contributed by atoms with van der Waals surface area (Å²) in [5.41, 5.74) is 1.23. The van der Waals surface area contributed by atoms with Gasteiger partial charge in [-0.15, -0.1) is 0 Å². The van der Waals surface area contributed by atoms with Crippen molar-refractivity contribution >= 4 is 5.91 Å². The lowest BCUT2D eigenvalue weighted by Gasteiger charge is -2.18. The molecule has 1 aromatic rings. The summed E-state index contributed by atoms with van der Waals surface area (Å²) in [4.78, 5) is 14.1. The maximum absolute atomic E-state index is 12.2. The summed E-state index contributed by atoms with van der Waals surface area (Å²) in [6.07, 6.45) is 0. The van der Waals surface area contributed by atoms with Gasteiger partial charge in [0.15, 0.2) is 6.61 Å². The predicted molar refractivity (Wildman–Crippen MR) is 80.4 cm³/mol. The summed E-state index contributed by atoms with van der Waals surface area (Å²) in [6, 6.07) is 7.99. The van der Waals surface area contributed by atoms with Crippen LogP contribution in [0.3, 0.4) is 0 Å². The Morgan fingerprint density at radius 1 is 1.33 bits per heavy atom. The molecule has 0 radical (unpaired) electrons. The first kappa shape index (κ1) is 14.4. The first-order valence-electron chi connectivity index (χ1n) is 7.71. The third-order valence-electron chi connectivity index (χ3n) is 4.48. The van der Waals surface area contributed by atoms with Crippen LogP contribution in [0.2, 0.25) is 0 Å². The Morgan fingerprint density at radius 2 is 2.05 bits per heavy atom. The van der Waals surface area contributed by atoms with E-state index in [1.807, 2.05) is 23.1 Å². The van der Waals surface area contributed by atoms with E-state index in [0.717, 1.165) is 32.1 Å². The minimum absolute atomic E-state index is 0.0827. The van der Waals surface area contributed by atoms with E-state index in [1.165, 1.54) is 5.56 Å². The molecule has 2 atom stereocenters. The molecule has 3 rings (SSSR count). The second-order valence-electron chi connectivity index (χ2n) is 6.37. The van der Waals surface area contributed by atoms with Crippen LogP contribution in [-0.2, 0) is 9.53 Å². The molecule has 21 heavy (non-hydrogen) atoms. The van der Waals surface area contributed by atoms with Crippen molar-refractivity contribution in [2.24, 2.45) is 11.8 Å². The maximum atomic E-state index is 12.2. The first-order chi connectivity index (χ1) is 10.1. The Balaban J connectivity index is 1.53. The van der Waals surface area contributed by atoms with Gasteiger partial charge in [0.2, 0.25) is 0 Å². The maximum Gasteiger partial charge on any atom is 0.260 e. The highest BCUT2D eigenvalue weighted by atomic mass is 16.5. The second-order valence-corrected chi connectivity index (χ2v) is 6.37. The van der Waals surface area contributed by atoms with E-state index in [4.69, 9.17) is 9.47 Å². The van der Waals surface area contributed by atoms with E-state index in [9.17, 15) is 4.79 Å². The second kappa shape index (κ2) is 6.06. The van der Waals surface area contributed by atoms with Gasteiger partial charge in [0.1, 0.15) is 5.75 Å². The molecule has 0 N–H and O–H groups in total. The largest absolute Gasteiger partial charge is 0.484 e. The minimum atomic E-state index is 0.0827. The van der Waals surface area contributed by atoms with Crippen LogP contribution in [0.1, 0.15) is 25.3 Å². The van der Waals surface area contributed by atoms with Crippen LogP contribution in [0.5, 0.6) is 5.75 Å². The Hall–Kier alpha value is -1.55. The molecule has 2 fully saturated rings. The zero-order valence-corrected chi connectivity index (χ0v) is 12.7. The molecule has 1 aromatic carbocycles. The topological polar surface area (TPSA) is 38.8 Å². The number of carbonyl (C=O) groups excluding carboxylic acids is 1. The Morgan fingerprint density at radius 3 is 2.71 bits per heavy atom. The number of carbonyl (C=O) groups is 1. The quantitative estimate of drug-likeness (QED) is 0.853. The van der Waals surface area contributed by atoms with Crippen LogP contribution in [0.25, 0.3) is 0 Å². The van der Waals surface area contributed by atoms with Crippen molar-refractivity contribution in [1.82, 2.24) is 4.90 Å². The molecule has 0 aliphatic carbocycles. The number of amides is 1. The van der Waals surface area contributed by atoms with Gasteiger partial charge in [-0.25, -0.2) is 0 Å². The molecule has 4 heteroatoms. The highest BCUT2D eigenvalue weighted by Crippen LogP contribution is 2.29. The van der Waals surface area contributed by atoms with E-state index in [0.29, 0.717) is 17.8 Å². The van der Waals surface area contributed by atoms with E-state index < -0.39 is 0 Å². The van der Waals surface area contributed by atoms with E-state index in [2.05, 4.69) is 19.9 Å². The van der Waals surface area contributed by atoms with Crippen molar-refractivity contribution in [1.29, 1.82) is 0 Å². The fourth-order valence-electron chi connectivity index (χ4n) is 3.09. The average Bonchev–Trinajstić information content (AvgIpc) is 3.06. The van der Waals surface area contributed by atoms with Crippen molar-refractivity contribution in [3.8, 4) is 5.75 Å². The summed E-state index contributed by atoms with van der Waals surface area (Å²) in [6.45, 7) is 7.65. The normalized spacial score (nSPS) is 24.4. The van der Waals surface area contributed by atoms with Gasteiger partial charge in [0, 0.05) is 24.9 Å². The van der Waals surface area contributed by atoms with Gasteiger partial charge >= 0.3 is 0 Å². The summed E-state index contributed by atoms with van der Waals surface area (Å²) in [5, 5.41) is 0. The van der Waals surface area contributed by atoms with E-state index in [-0.39, 0.29) is 12.5 Å². The molecule has 0 spiro atoms. The van der Waals surface area contributed by atoms with Gasteiger partial charge in [-0.05, 0) is 23.6 Å². The van der Waals surface area contributed by atoms with Crippen LogP contribution in [0.15, 0.2) is 24.3 Å². The van der Waals surface area contributed by atoms with Crippen LogP contribution in [0.4, 0.5) is 0 Å². The Bertz CT molecular complexity index is 503. The Kier molecular flexibility index (Phi) is 4.15. The van der Waals surface area contributed by atoms with Crippen molar-refractivity contribution in [2.75, 3.05) is 32.9 Å². The van der Waals surface area contributed by atoms with Crippen molar-refractivity contribution in [2.45, 2.75) is 19.8 Å². The highest BCUT2D eigenvalue weighted by molar-refractivity contribution is 5.78. The zero-order valence-electron chi connectivity index (χ0n) is 12.7. The number of ether oxygens (including phenoxy) is 2. The van der Waals surface area contributed by atoms with Gasteiger partial charge in [0.25, 0.3) is 5.91 Å². The number of hydrogen-bond acceptors (Lipinski definition) is 3. The number of hydrogen-bond donors (Lipinski definition) is 0. The molecule has 0 unspecified atom stereocenters. The number of nitrogens with zero attached hydrogens (tertiary/aromatic N) is 1. The molecule has 0 saturated carbocycles. The molecule has 1 amide bonds. The molecule has 0 bridgehead atoms. The van der Waals surface area contributed by atoms with Crippen molar-refractivity contribution in [3.63, 3.8) is 0 Å². The lowest BCUT2D eigenvalue weighted by molar-refractivity contribution is -0.132. The number of likely N-dealkylation sites (tertiary alicyclic amines) is 1. The minimum Gasteiger partial charge on any atom is -0.484 e. The molecule has 2 aliphatic rings. The summed E-state index contributed by atoms with van der Waals surface area (Å²) in [7, 11) is 0. The molecule has 0 aromatic heterocycles. The molecule has 2 heterocycles. The average molecular weight is 289 g/mol. The first-order valence-corrected chi connectivity index (χ1v) is 7.71. The SMILES string of the molecule is CC(C)c1cccc(OCC(=O)N2C[C@H]3COC[C@H]3C2)c1. The molecule has 2 aliphatic heterocycles. The number of rotatable bonds is 4. The summed E-state index contributed by atoms with van der Waals surface area (Å²) < 4.78 is 11.1. The van der Waals surface area contributed by atoms with Gasteiger partial charge in [-0.2, -0.15) is 0 Å². The molecule has 4 nitrogen and oxygen atoms in total. The number of fused-ring (bicyclic) bond motifs is 1. The van der Waals surface area contributed by atoms with Crippen LogP contribution < -0.4 is 4.74 Å². The van der Waals surface area contributed by atoms with Crippen LogP contribution in [0, 0.1) is 11.8 Å². The molecular weight excluding hydrogens is 266 g/mol. The standard InChI is InChI=1S/C17H23NO3/c1-12(2)13-4-3-5-16(6-13)21-11-17(19)18-7-14-9-20-10-15(14)8-18/h3-6,12,14-15H,7-11H2,1-2H3/t14-,15+. The van der Waals surface area contributed by atoms with Crippen LogP contribution in [-0.4, -0.2) is 43.7 Å². The van der Waals surface area contributed by atoms with Crippen LogP contribution >= 0.6 is 0 Å². The van der Waals surface area contributed by atoms with Crippen molar-refractivity contribution in [3.05, 3.63) is 29.8 Å². The van der Waals surface area contributed by atoms with Gasteiger partial charge in [0.05, 0.1) is 13.2 Å². The lowest BCUT2D eigenvalue weighted by Crippen LogP contribution is -2.34. The third-order valence-corrected chi connectivity index (χ3v) is 4.48. The zero-order chi connectivity index (χ0) is 14.8. The molecular formula is C17H23NO3. The van der Waals surface area contributed by atoms with E-state index in [1.54, 1.807) is 0 Å². The van der Waals surface area contributed by atoms with Gasteiger partial charge in [-0.3, -0.25) is 4.79 Å². The van der Waals surface area contributed by atoms with Gasteiger partial charge < -0.3 is 14.4 Å². The monoisotopic (exact) mass is 289 g/mol. The fourth-order valence-corrected chi connectivity index (χ4v) is 3.09. The summed E-state index contributed by atoms with van der Waals surface area (Å²) in [5.74, 6) is 2.37. The predicted octanol–water partition coefficient (Wildman–Crippen LogP) is 2.29. The Labute approximate surface area is 126 Å².